The molecule has 0 fully saturated rings. The van der Waals surface area contributed by atoms with E-state index in [1.54, 1.807) is 11.3 Å². The second-order valence-electron chi connectivity index (χ2n) is 6.22. The van der Waals surface area contributed by atoms with Crippen LogP contribution in [0.15, 0.2) is 10.4 Å². The maximum Gasteiger partial charge on any atom is 0.407 e. The molecule has 1 heterocycles. The van der Waals surface area contributed by atoms with Gasteiger partial charge in [0.1, 0.15) is 5.60 Å². The van der Waals surface area contributed by atoms with Gasteiger partial charge in [-0.1, -0.05) is 0 Å². The number of guanidine groups is 1. The number of ether oxygens (including phenoxy) is 1. The number of aliphatic imine (C=N–C) groups is 1. The highest BCUT2D eigenvalue weighted by molar-refractivity contribution is 14.0. The molecular weight excluding hydrogens is 453 g/mol. The van der Waals surface area contributed by atoms with Gasteiger partial charge in [-0.2, -0.15) is 0 Å². The number of rotatable bonds is 7. The van der Waals surface area contributed by atoms with Crippen molar-refractivity contribution >= 4 is 47.4 Å². The van der Waals surface area contributed by atoms with Crippen LogP contribution in [0.5, 0.6) is 0 Å². The summed E-state index contributed by atoms with van der Waals surface area (Å²) < 4.78 is 5.18. The van der Waals surface area contributed by atoms with E-state index in [1.807, 2.05) is 34.6 Å². The number of halogens is 1. The highest BCUT2D eigenvalue weighted by Gasteiger charge is 2.15. The van der Waals surface area contributed by atoms with E-state index in [2.05, 4.69) is 31.3 Å². The molecule has 25 heavy (non-hydrogen) atoms. The molecule has 9 heteroatoms. The molecule has 0 saturated carbocycles. The Morgan fingerprint density at radius 2 is 1.96 bits per heavy atom. The molecule has 0 aliphatic carbocycles. The van der Waals surface area contributed by atoms with Crippen molar-refractivity contribution in [3.63, 3.8) is 0 Å². The molecule has 3 N–H and O–H groups in total. The molecule has 7 nitrogen and oxygen atoms in total. The Hall–Kier alpha value is -1.10. The second kappa shape index (κ2) is 12.3. The summed E-state index contributed by atoms with van der Waals surface area (Å²) in [5, 5.41) is 12.2. The number of hydrogen-bond donors (Lipinski definition) is 3. The Morgan fingerprint density at radius 3 is 2.52 bits per heavy atom. The van der Waals surface area contributed by atoms with Gasteiger partial charge in [-0.15, -0.1) is 35.3 Å². The van der Waals surface area contributed by atoms with Gasteiger partial charge in [0.25, 0.3) is 0 Å². The van der Waals surface area contributed by atoms with Crippen molar-refractivity contribution in [1.82, 2.24) is 20.9 Å². The molecule has 0 spiro atoms. The standard InChI is InChI=1S/C16H29N5O2S.HI/c1-6-17-14(18-8-7-13-11-24-12(2)21-13)19-9-10-20-15(22)23-16(3,4)5;/h11H,6-10H2,1-5H3,(H,20,22)(H2,17,18,19);1H. The Bertz CT molecular complexity index is 543. The first-order chi connectivity index (χ1) is 11.3. The lowest BCUT2D eigenvalue weighted by molar-refractivity contribution is 0.0529. The van der Waals surface area contributed by atoms with Crippen molar-refractivity contribution in [3.8, 4) is 0 Å². The smallest absolute Gasteiger partial charge is 0.407 e. The zero-order valence-corrected chi connectivity index (χ0v) is 18.8. The zero-order chi connectivity index (χ0) is 18.0. The van der Waals surface area contributed by atoms with Crippen LogP contribution in [0.1, 0.15) is 38.4 Å². The van der Waals surface area contributed by atoms with Gasteiger partial charge in [-0.25, -0.2) is 9.78 Å². The molecule has 0 unspecified atom stereocenters. The van der Waals surface area contributed by atoms with Gasteiger partial charge >= 0.3 is 6.09 Å². The predicted octanol–water partition coefficient (Wildman–Crippen LogP) is 2.69. The first-order valence-electron chi connectivity index (χ1n) is 8.20. The van der Waals surface area contributed by atoms with Crippen molar-refractivity contribution < 1.29 is 9.53 Å². The summed E-state index contributed by atoms with van der Waals surface area (Å²) in [4.78, 5) is 20.5. The highest BCUT2D eigenvalue weighted by Crippen LogP contribution is 2.08. The molecule has 1 rings (SSSR count). The summed E-state index contributed by atoms with van der Waals surface area (Å²) in [5.74, 6) is 0.732. The maximum atomic E-state index is 11.5. The lowest BCUT2D eigenvalue weighted by atomic mass is 10.2. The van der Waals surface area contributed by atoms with Crippen LogP contribution in [0, 0.1) is 6.92 Å². The topological polar surface area (TPSA) is 87.6 Å². The summed E-state index contributed by atoms with van der Waals surface area (Å²) in [7, 11) is 0. The van der Waals surface area contributed by atoms with Crippen molar-refractivity contribution in [2.75, 3.05) is 26.2 Å². The van der Waals surface area contributed by atoms with Crippen LogP contribution in [-0.2, 0) is 11.2 Å². The van der Waals surface area contributed by atoms with Crippen LogP contribution in [0.2, 0.25) is 0 Å². The minimum absolute atomic E-state index is 0. The molecule has 0 saturated heterocycles. The zero-order valence-electron chi connectivity index (χ0n) is 15.6. The predicted molar refractivity (Wildman–Crippen MR) is 114 cm³/mol. The summed E-state index contributed by atoms with van der Waals surface area (Å²) in [6.07, 6.45) is 0.405. The second-order valence-corrected chi connectivity index (χ2v) is 7.29. The van der Waals surface area contributed by atoms with Crippen LogP contribution in [0.3, 0.4) is 0 Å². The van der Waals surface area contributed by atoms with E-state index in [9.17, 15) is 4.79 Å². The Kier molecular flexibility index (Phi) is 11.7. The Balaban J connectivity index is 0.00000576. The number of carbonyl (C=O) groups is 1. The molecule has 0 aliphatic heterocycles. The maximum absolute atomic E-state index is 11.5. The first kappa shape index (κ1) is 23.9. The largest absolute Gasteiger partial charge is 0.444 e. The molecule has 0 aliphatic rings. The van der Waals surface area contributed by atoms with E-state index in [0.29, 0.717) is 19.6 Å². The van der Waals surface area contributed by atoms with Crippen LogP contribution < -0.4 is 16.0 Å². The summed E-state index contributed by atoms with van der Waals surface area (Å²) in [5.41, 5.74) is 0.589. The van der Waals surface area contributed by atoms with Crippen molar-refractivity contribution in [3.05, 3.63) is 16.1 Å². The molecule has 1 aromatic rings. The molecule has 144 valence electrons. The third-order valence-corrected chi connectivity index (χ3v) is 3.56. The minimum atomic E-state index is -0.484. The van der Waals surface area contributed by atoms with Gasteiger partial charge < -0.3 is 20.7 Å². The van der Waals surface area contributed by atoms with E-state index < -0.39 is 11.7 Å². The first-order valence-corrected chi connectivity index (χ1v) is 9.08. The molecule has 1 amide bonds. The van der Waals surface area contributed by atoms with Crippen LogP contribution >= 0.6 is 35.3 Å². The van der Waals surface area contributed by atoms with E-state index >= 15 is 0 Å². The summed E-state index contributed by atoms with van der Waals surface area (Å²) >= 11 is 1.65. The van der Waals surface area contributed by atoms with E-state index in [0.717, 1.165) is 29.6 Å². The molecule has 0 bridgehead atoms. The van der Waals surface area contributed by atoms with Gasteiger partial charge in [0.2, 0.25) is 0 Å². The van der Waals surface area contributed by atoms with Crippen molar-refractivity contribution in [1.29, 1.82) is 0 Å². The molecule has 0 radical (unpaired) electrons. The van der Waals surface area contributed by atoms with E-state index in [4.69, 9.17) is 4.74 Å². The average Bonchev–Trinajstić information content (AvgIpc) is 2.87. The molecular formula is C16H30IN5O2S. The Morgan fingerprint density at radius 1 is 1.28 bits per heavy atom. The Labute approximate surface area is 171 Å². The summed E-state index contributed by atoms with van der Waals surface area (Å²) in [6.45, 7) is 12.0. The number of thiazole rings is 1. The monoisotopic (exact) mass is 483 g/mol. The normalized spacial score (nSPS) is 11.5. The minimum Gasteiger partial charge on any atom is -0.444 e. The number of aromatic nitrogens is 1. The van der Waals surface area contributed by atoms with Gasteiger partial charge in [0.15, 0.2) is 5.96 Å². The SMILES string of the molecule is CCNC(=NCCc1csc(C)n1)NCCNC(=O)OC(C)(C)C.I. The lowest BCUT2D eigenvalue weighted by Crippen LogP contribution is -2.42. The third-order valence-electron chi connectivity index (χ3n) is 2.73. The van der Waals surface area contributed by atoms with E-state index in [-0.39, 0.29) is 24.0 Å². The summed E-state index contributed by atoms with van der Waals surface area (Å²) in [6, 6.07) is 0. The fourth-order valence-electron chi connectivity index (χ4n) is 1.81. The number of aryl methyl sites for hydroxylation is 1. The van der Waals surface area contributed by atoms with E-state index in [1.165, 1.54) is 0 Å². The van der Waals surface area contributed by atoms with Gasteiger partial charge in [0, 0.05) is 38.0 Å². The number of nitrogens with zero attached hydrogens (tertiary/aromatic N) is 2. The van der Waals surface area contributed by atoms with Gasteiger partial charge in [0.05, 0.1) is 10.7 Å². The van der Waals surface area contributed by atoms with Crippen LogP contribution in [-0.4, -0.2) is 48.8 Å². The fraction of sp³-hybridized carbons (Fsp3) is 0.688. The number of amides is 1. The number of hydrogen-bond acceptors (Lipinski definition) is 5. The fourth-order valence-corrected chi connectivity index (χ4v) is 2.45. The van der Waals surface area contributed by atoms with Crippen molar-refractivity contribution in [2.24, 2.45) is 4.99 Å². The van der Waals surface area contributed by atoms with Gasteiger partial charge in [-0.05, 0) is 34.6 Å². The number of alkyl carbamates (subject to hydrolysis) is 1. The van der Waals surface area contributed by atoms with Crippen molar-refractivity contribution in [2.45, 2.75) is 46.6 Å². The molecule has 0 aromatic carbocycles. The number of carbonyl (C=O) groups excluding carboxylic acids is 1. The number of nitrogens with one attached hydrogen (secondary N) is 3. The highest BCUT2D eigenvalue weighted by atomic mass is 127. The third kappa shape index (κ3) is 12.0. The lowest BCUT2D eigenvalue weighted by Gasteiger charge is -2.19. The van der Waals surface area contributed by atoms with Gasteiger partial charge in [-0.3, -0.25) is 4.99 Å². The molecule has 0 atom stereocenters. The van der Waals surface area contributed by atoms with Crippen LogP contribution in [0.4, 0.5) is 4.79 Å². The average molecular weight is 483 g/mol. The quantitative estimate of drug-likeness (QED) is 0.240. The molecule has 1 aromatic heterocycles. The van der Waals surface area contributed by atoms with Crippen LogP contribution in [0.25, 0.3) is 0 Å².